The summed E-state index contributed by atoms with van der Waals surface area (Å²) >= 11 is 3.32. The lowest BCUT2D eigenvalue weighted by Gasteiger charge is -2.23. The molecule has 1 unspecified atom stereocenters. The Morgan fingerprint density at radius 3 is 2.58 bits per heavy atom. The van der Waals surface area contributed by atoms with Crippen molar-refractivity contribution in [3.63, 3.8) is 0 Å². The third-order valence-corrected chi connectivity index (χ3v) is 3.81. The van der Waals surface area contributed by atoms with E-state index in [-0.39, 0.29) is 12.5 Å². The molecule has 0 aliphatic carbocycles. The van der Waals surface area contributed by atoms with Crippen LogP contribution in [0.4, 0.5) is 0 Å². The third-order valence-electron chi connectivity index (χ3n) is 3.37. The first-order valence-corrected chi connectivity index (χ1v) is 7.00. The second kappa shape index (κ2) is 6.23. The molecule has 1 amide bonds. The van der Waals surface area contributed by atoms with Crippen LogP contribution in [0.3, 0.4) is 0 Å². The fourth-order valence-corrected chi connectivity index (χ4v) is 2.11. The molecule has 2 N–H and O–H groups in total. The molecule has 1 rings (SSSR count). The number of aliphatic carboxylic acids is 1. The van der Waals surface area contributed by atoms with Crippen LogP contribution in [0.15, 0.2) is 16.7 Å². The quantitative estimate of drug-likeness (QED) is 0.841. The smallest absolute Gasteiger partial charge is 0.311 e. The summed E-state index contributed by atoms with van der Waals surface area (Å²) in [5, 5.41) is 11.9. The van der Waals surface area contributed by atoms with Crippen LogP contribution in [0.25, 0.3) is 0 Å². The first-order valence-electron chi connectivity index (χ1n) is 6.21. The van der Waals surface area contributed by atoms with Gasteiger partial charge in [0.1, 0.15) is 5.69 Å². The second-order valence-electron chi connectivity index (χ2n) is 4.73. The van der Waals surface area contributed by atoms with Crippen molar-refractivity contribution in [3.8, 4) is 0 Å². The lowest BCUT2D eigenvalue weighted by Crippen LogP contribution is -2.41. The van der Waals surface area contributed by atoms with Crippen LogP contribution < -0.4 is 5.32 Å². The van der Waals surface area contributed by atoms with Crippen LogP contribution in [-0.2, 0) is 11.3 Å². The van der Waals surface area contributed by atoms with Crippen molar-refractivity contribution in [3.05, 3.63) is 22.4 Å². The molecule has 1 heterocycles. The van der Waals surface area contributed by atoms with Gasteiger partial charge in [0.25, 0.3) is 5.91 Å². The predicted molar refractivity (Wildman–Crippen MR) is 76.2 cm³/mol. The largest absolute Gasteiger partial charge is 0.481 e. The van der Waals surface area contributed by atoms with E-state index in [9.17, 15) is 9.59 Å². The SMILES string of the molecule is CCn1cc(Br)cc1C(=O)NCC(C)(CC)C(=O)O. The molecule has 0 saturated carbocycles. The van der Waals surface area contributed by atoms with Crippen molar-refractivity contribution in [1.29, 1.82) is 0 Å². The number of carboxylic acid groups (broad SMARTS) is 1. The van der Waals surface area contributed by atoms with Crippen molar-refractivity contribution in [1.82, 2.24) is 9.88 Å². The Hall–Kier alpha value is -1.30. The minimum atomic E-state index is -0.934. The molecule has 106 valence electrons. The zero-order valence-corrected chi connectivity index (χ0v) is 13.0. The Labute approximate surface area is 121 Å². The highest BCUT2D eigenvalue weighted by Gasteiger charge is 2.31. The third kappa shape index (κ3) is 3.59. The lowest BCUT2D eigenvalue weighted by atomic mass is 9.88. The van der Waals surface area contributed by atoms with Gasteiger partial charge in [-0.15, -0.1) is 0 Å². The van der Waals surface area contributed by atoms with Gasteiger partial charge in [-0.05, 0) is 42.3 Å². The summed E-state index contributed by atoms with van der Waals surface area (Å²) in [5.74, 6) is -1.16. The number of aryl methyl sites for hydroxylation is 1. The summed E-state index contributed by atoms with van der Waals surface area (Å²) in [6.07, 6.45) is 2.28. The van der Waals surface area contributed by atoms with Gasteiger partial charge in [0, 0.05) is 23.8 Å². The number of amides is 1. The molecule has 6 heteroatoms. The van der Waals surface area contributed by atoms with E-state index in [1.165, 1.54) is 0 Å². The van der Waals surface area contributed by atoms with Gasteiger partial charge in [0.15, 0.2) is 0 Å². The molecule has 5 nitrogen and oxygen atoms in total. The Balaban J connectivity index is 2.78. The number of carbonyl (C=O) groups is 2. The maximum absolute atomic E-state index is 12.1. The molecule has 0 aromatic carbocycles. The number of nitrogens with one attached hydrogen (secondary N) is 1. The molecule has 0 aliphatic heterocycles. The number of hydrogen-bond donors (Lipinski definition) is 2. The molecule has 0 fully saturated rings. The van der Waals surface area contributed by atoms with Gasteiger partial charge in [0.2, 0.25) is 0 Å². The molecule has 19 heavy (non-hydrogen) atoms. The molecule has 0 aliphatic rings. The van der Waals surface area contributed by atoms with E-state index in [0.717, 1.165) is 4.47 Å². The molecule has 1 atom stereocenters. The summed E-state index contributed by atoms with van der Waals surface area (Å²) in [5.41, 5.74) is -0.408. The van der Waals surface area contributed by atoms with Crippen LogP contribution in [0.5, 0.6) is 0 Å². The Morgan fingerprint density at radius 1 is 1.47 bits per heavy atom. The van der Waals surface area contributed by atoms with Crippen LogP contribution in [0, 0.1) is 5.41 Å². The van der Waals surface area contributed by atoms with Gasteiger partial charge in [-0.1, -0.05) is 6.92 Å². The van der Waals surface area contributed by atoms with Crippen LogP contribution in [0.1, 0.15) is 37.7 Å². The number of nitrogens with zero attached hydrogens (tertiary/aromatic N) is 1. The minimum Gasteiger partial charge on any atom is -0.481 e. The molecule has 1 aromatic rings. The molecule has 0 radical (unpaired) electrons. The van der Waals surface area contributed by atoms with Gasteiger partial charge < -0.3 is 15.0 Å². The monoisotopic (exact) mass is 330 g/mol. The second-order valence-corrected chi connectivity index (χ2v) is 5.65. The van der Waals surface area contributed by atoms with E-state index in [1.807, 2.05) is 17.7 Å². The van der Waals surface area contributed by atoms with Crippen LogP contribution in [0.2, 0.25) is 0 Å². The highest BCUT2D eigenvalue weighted by Crippen LogP contribution is 2.20. The average molecular weight is 331 g/mol. The predicted octanol–water partition coefficient (Wildman–Crippen LogP) is 2.50. The Bertz CT molecular complexity index is 484. The van der Waals surface area contributed by atoms with Crippen LogP contribution in [-0.4, -0.2) is 28.1 Å². The number of aromatic nitrogens is 1. The molecular formula is C13H19BrN2O3. The normalized spacial score (nSPS) is 13.9. The molecule has 0 bridgehead atoms. The fraction of sp³-hybridized carbons (Fsp3) is 0.538. The first kappa shape index (κ1) is 15.8. The van der Waals surface area contributed by atoms with E-state index in [0.29, 0.717) is 18.7 Å². The Kier molecular flexibility index (Phi) is 5.17. The maximum Gasteiger partial charge on any atom is 0.311 e. The van der Waals surface area contributed by atoms with Gasteiger partial charge in [0.05, 0.1) is 5.41 Å². The van der Waals surface area contributed by atoms with Gasteiger partial charge in [-0.3, -0.25) is 9.59 Å². The highest BCUT2D eigenvalue weighted by atomic mass is 79.9. The van der Waals surface area contributed by atoms with Crippen molar-refractivity contribution in [2.45, 2.75) is 33.7 Å². The van der Waals surface area contributed by atoms with E-state index in [4.69, 9.17) is 5.11 Å². The standard InChI is InChI=1S/C13H19BrN2O3/c1-4-13(3,12(18)19)8-15-11(17)10-6-9(14)7-16(10)5-2/h6-7H,4-5,8H2,1-3H3,(H,15,17)(H,18,19). The molecule has 0 spiro atoms. The average Bonchev–Trinajstić information content (AvgIpc) is 2.76. The van der Waals surface area contributed by atoms with Crippen molar-refractivity contribution in [2.24, 2.45) is 5.41 Å². The molecule has 1 aromatic heterocycles. The van der Waals surface area contributed by atoms with Crippen molar-refractivity contribution < 1.29 is 14.7 Å². The van der Waals surface area contributed by atoms with Gasteiger partial charge >= 0.3 is 5.97 Å². The summed E-state index contributed by atoms with van der Waals surface area (Å²) < 4.78 is 2.64. The molecule has 0 saturated heterocycles. The summed E-state index contributed by atoms with van der Waals surface area (Å²) in [7, 11) is 0. The van der Waals surface area contributed by atoms with E-state index < -0.39 is 11.4 Å². The summed E-state index contributed by atoms with van der Waals surface area (Å²) in [6, 6.07) is 1.73. The van der Waals surface area contributed by atoms with Crippen molar-refractivity contribution >= 4 is 27.8 Å². The zero-order chi connectivity index (χ0) is 14.6. The fourth-order valence-electron chi connectivity index (χ4n) is 1.64. The van der Waals surface area contributed by atoms with Crippen molar-refractivity contribution in [2.75, 3.05) is 6.54 Å². The van der Waals surface area contributed by atoms with Crippen LogP contribution >= 0.6 is 15.9 Å². The zero-order valence-electron chi connectivity index (χ0n) is 11.4. The number of halogens is 1. The molecular weight excluding hydrogens is 312 g/mol. The summed E-state index contributed by atoms with van der Waals surface area (Å²) in [4.78, 5) is 23.2. The minimum absolute atomic E-state index is 0.115. The highest BCUT2D eigenvalue weighted by molar-refractivity contribution is 9.10. The number of rotatable bonds is 6. The first-order chi connectivity index (χ1) is 8.84. The van der Waals surface area contributed by atoms with Gasteiger partial charge in [-0.2, -0.15) is 0 Å². The topological polar surface area (TPSA) is 71.3 Å². The van der Waals surface area contributed by atoms with E-state index >= 15 is 0 Å². The van der Waals surface area contributed by atoms with E-state index in [2.05, 4.69) is 21.2 Å². The maximum atomic E-state index is 12.1. The van der Waals surface area contributed by atoms with Gasteiger partial charge in [-0.25, -0.2) is 0 Å². The Morgan fingerprint density at radius 2 is 2.11 bits per heavy atom. The number of carboxylic acids is 1. The summed E-state index contributed by atoms with van der Waals surface area (Å²) in [6.45, 7) is 6.16. The number of carbonyl (C=O) groups excluding carboxylic acids is 1. The number of hydrogen-bond acceptors (Lipinski definition) is 2. The lowest BCUT2D eigenvalue weighted by molar-refractivity contribution is -0.147. The van der Waals surface area contributed by atoms with E-state index in [1.54, 1.807) is 19.9 Å².